The molecule has 1 aromatic heterocycles. The van der Waals surface area contributed by atoms with E-state index >= 15 is 0 Å². The Balaban J connectivity index is 2.26. The van der Waals surface area contributed by atoms with Gasteiger partial charge in [-0.2, -0.15) is 0 Å². The van der Waals surface area contributed by atoms with E-state index in [1.165, 1.54) is 24.4 Å². The van der Waals surface area contributed by atoms with Gasteiger partial charge in [0.25, 0.3) is 0 Å². The first kappa shape index (κ1) is 12.9. The number of carbonyl (C=O) groups excluding carboxylic acids is 1. The molecule has 104 valence electrons. The average Bonchev–Trinajstić information content (AvgIpc) is 2.46. The second-order valence-corrected chi connectivity index (χ2v) is 4.47. The zero-order valence-electron chi connectivity index (χ0n) is 10.7. The van der Waals surface area contributed by atoms with Crippen LogP contribution in [0.4, 0.5) is 5.69 Å². The Hall–Kier alpha value is -3.09. The predicted octanol–water partition coefficient (Wildman–Crippen LogP) is 0.693. The maximum Gasteiger partial charge on any atom is 0.311 e. The number of pyridine rings is 1. The number of nitro benzene ring substituents is 1. The maximum absolute atomic E-state index is 11.3. The smallest absolute Gasteiger partial charge is 0.311 e. The molecule has 1 aliphatic heterocycles. The van der Waals surface area contributed by atoms with Crippen molar-refractivity contribution in [2.24, 2.45) is 4.99 Å². The SMILES string of the molecule is O=C1CC=c2c(-c3ccc(O)c([N+](=O)[O-])c3)nccc2=N1. The molecule has 0 aliphatic carbocycles. The molecule has 21 heavy (non-hydrogen) atoms. The van der Waals surface area contributed by atoms with Crippen LogP contribution in [0.15, 0.2) is 35.5 Å². The fourth-order valence-electron chi connectivity index (χ4n) is 2.18. The van der Waals surface area contributed by atoms with Gasteiger partial charge in [0.15, 0.2) is 5.75 Å². The third-order valence-corrected chi connectivity index (χ3v) is 3.14. The van der Waals surface area contributed by atoms with Gasteiger partial charge in [0.1, 0.15) is 0 Å². The van der Waals surface area contributed by atoms with Gasteiger partial charge in [-0.25, -0.2) is 4.99 Å². The number of aromatic hydroxyl groups is 1. The van der Waals surface area contributed by atoms with Crippen molar-refractivity contribution in [3.05, 3.63) is 51.2 Å². The molecule has 1 N–H and O–H groups in total. The minimum absolute atomic E-state index is 0.172. The molecule has 0 saturated carbocycles. The number of carbonyl (C=O) groups is 1. The minimum atomic E-state index is -0.661. The number of phenols is 1. The van der Waals surface area contributed by atoms with E-state index in [2.05, 4.69) is 9.98 Å². The summed E-state index contributed by atoms with van der Waals surface area (Å²) in [4.78, 5) is 29.7. The molecule has 0 spiro atoms. The summed E-state index contributed by atoms with van der Waals surface area (Å²) in [6.45, 7) is 0. The molecule has 3 rings (SSSR count). The number of aromatic nitrogens is 1. The van der Waals surface area contributed by atoms with Crippen molar-refractivity contribution in [2.45, 2.75) is 6.42 Å². The minimum Gasteiger partial charge on any atom is -0.502 e. The summed E-state index contributed by atoms with van der Waals surface area (Å²) in [6, 6.07) is 5.65. The highest BCUT2D eigenvalue weighted by atomic mass is 16.6. The largest absolute Gasteiger partial charge is 0.502 e. The lowest BCUT2D eigenvalue weighted by molar-refractivity contribution is -0.385. The van der Waals surface area contributed by atoms with E-state index in [1.807, 2.05) is 0 Å². The van der Waals surface area contributed by atoms with Gasteiger partial charge in [0.05, 0.1) is 16.0 Å². The second-order valence-electron chi connectivity index (χ2n) is 4.47. The van der Waals surface area contributed by atoms with Crippen LogP contribution in [0.25, 0.3) is 17.3 Å². The molecule has 2 heterocycles. The van der Waals surface area contributed by atoms with Crippen molar-refractivity contribution >= 4 is 17.7 Å². The number of hydrogen-bond donors (Lipinski definition) is 1. The number of nitrogens with zero attached hydrogens (tertiary/aromatic N) is 3. The first-order valence-electron chi connectivity index (χ1n) is 6.11. The van der Waals surface area contributed by atoms with Crippen molar-refractivity contribution in [1.29, 1.82) is 0 Å². The number of nitro groups is 1. The molecule has 0 saturated heterocycles. The normalized spacial score (nSPS) is 13.0. The van der Waals surface area contributed by atoms with Crippen LogP contribution in [0, 0.1) is 10.1 Å². The van der Waals surface area contributed by atoms with E-state index in [9.17, 15) is 20.0 Å². The summed E-state index contributed by atoms with van der Waals surface area (Å²) in [5.74, 6) is -0.645. The summed E-state index contributed by atoms with van der Waals surface area (Å²) in [6.07, 6.45) is 3.36. The van der Waals surface area contributed by atoms with Crippen LogP contribution < -0.4 is 10.6 Å². The Morgan fingerprint density at radius 2 is 2.10 bits per heavy atom. The van der Waals surface area contributed by atoms with Gasteiger partial charge in [-0.1, -0.05) is 6.08 Å². The third kappa shape index (κ3) is 2.25. The molecule has 0 bridgehead atoms. The number of hydrogen-bond acceptors (Lipinski definition) is 5. The monoisotopic (exact) mass is 283 g/mol. The Bertz CT molecular complexity index is 890. The van der Waals surface area contributed by atoms with Gasteiger partial charge < -0.3 is 5.11 Å². The highest BCUT2D eigenvalue weighted by Crippen LogP contribution is 2.29. The molecule has 0 atom stereocenters. The molecule has 7 nitrogen and oxygen atoms in total. The number of fused-ring (bicyclic) bond motifs is 1. The second kappa shape index (κ2) is 4.78. The topological polar surface area (TPSA) is 106 Å². The summed E-state index contributed by atoms with van der Waals surface area (Å²) >= 11 is 0. The molecule has 1 aromatic carbocycles. The van der Waals surface area contributed by atoms with Gasteiger partial charge in [-0.15, -0.1) is 0 Å². The highest BCUT2D eigenvalue weighted by Gasteiger charge is 2.16. The third-order valence-electron chi connectivity index (χ3n) is 3.14. The summed E-state index contributed by atoms with van der Waals surface area (Å²) in [5.41, 5.74) is 0.583. The molecule has 0 radical (unpaired) electrons. The van der Waals surface area contributed by atoms with Crippen LogP contribution in [0.1, 0.15) is 6.42 Å². The van der Waals surface area contributed by atoms with Crippen LogP contribution in [0.3, 0.4) is 0 Å². The van der Waals surface area contributed by atoms with Crippen molar-refractivity contribution in [3.63, 3.8) is 0 Å². The van der Waals surface area contributed by atoms with Crippen molar-refractivity contribution in [2.75, 3.05) is 0 Å². The lowest BCUT2D eigenvalue weighted by Crippen LogP contribution is -2.32. The first-order chi connectivity index (χ1) is 10.1. The van der Waals surface area contributed by atoms with Gasteiger partial charge in [-0.3, -0.25) is 19.9 Å². The van der Waals surface area contributed by atoms with E-state index in [4.69, 9.17) is 0 Å². The lowest BCUT2D eigenvalue weighted by atomic mass is 10.1. The zero-order chi connectivity index (χ0) is 15.0. The van der Waals surface area contributed by atoms with E-state index in [-0.39, 0.29) is 12.3 Å². The van der Waals surface area contributed by atoms with E-state index in [1.54, 1.807) is 12.1 Å². The number of benzene rings is 1. The van der Waals surface area contributed by atoms with Gasteiger partial charge in [0, 0.05) is 29.5 Å². The summed E-state index contributed by atoms with van der Waals surface area (Å²) < 4.78 is 0. The van der Waals surface area contributed by atoms with Gasteiger partial charge in [-0.05, 0) is 18.2 Å². The molecule has 1 amide bonds. The van der Waals surface area contributed by atoms with Crippen molar-refractivity contribution in [1.82, 2.24) is 4.98 Å². The molecular formula is C14H9N3O4. The molecule has 2 aromatic rings. The average molecular weight is 283 g/mol. The van der Waals surface area contributed by atoms with Crippen molar-refractivity contribution < 1.29 is 14.8 Å². The van der Waals surface area contributed by atoms with Crippen LogP contribution in [0.2, 0.25) is 0 Å². The fraction of sp³-hybridized carbons (Fsp3) is 0.0714. The first-order valence-corrected chi connectivity index (χ1v) is 6.11. The Kier molecular flexibility index (Phi) is 2.94. The zero-order valence-corrected chi connectivity index (χ0v) is 10.7. The maximum atomic E-state index is 11.3. The standard InChI is InChI=1S/C14H9N3O4/c18-12-3-1-8(7-11(12)17(20)21)14-9-2-4-13(19)16-10(9)5-6-15-14/h1-3,5-7,18H,4H2. The van der Waals surface area contributed by atoms with E-state index in [0.29, 0.717) is 21.8 Å². The number of phenolic OH excluding ortho intramolecular Hbond substituents is 1. The number of rotatable bonds is 2. The van der Waals surface area contributed by atoms with Gasteiger partial charge >= 0.3 is 5.69 Å². The van der Waals surface area contributed by atoms with Crippen LogP contribution in [0.5, 0.6) is 5.75 Å². The Morgan fingerprint density at radius 3 is 2.86 bits per heavy atom. The van der Waals surface area contributed by atoms with Crippen LogP contribution >= 0.6 is 0 Å². The molecule has 7 heteroatoms. The fourth-order valence-corrected chi connectivity index (χ4v) is 2.18. The predicted molar refractivity (Wildman–Crippen MR) is 72.9 cm³/mol. The highest BCUT2D eigenvalue weighted by molar-refractivity contribution is 5.84. The molecule has 0 unspecified atom stereocenters. The number of amides is 1. The summed E-state index contributed by atoms with van der Waals surface area (Å²) in [7, 11) is 0. The van der Waals surface area contributed by atoms with E-state index < -0.39 is 16.4 Å². The van der Waals surface area contributed by atoms with Crippen molar-refractivity contribution in [3.8, 4) is 17.0 Å². The Morgan fingerprint density at radius 1 is 1.29 bits per heavy atom. The van der Waals surface area contributed by atoms with Crippen LogP contribution in [-0.4, -0.2) is 20.9 Å². The summed E-state index contributed by atoms with van der Waals surface area (Å²) in [5, 5.41) is 21.5. The quantitative estimate of drug-likeness (QED) is 0.644. The van der Waals surface area contributed by atoms with Gasteiger partial charge in [0.2, 0.25) is 5.91 Å². The Labute approximate surface area is 118 Å². The van der Waals surface area contributed by atoms with Crippen LogP contribution in [-0.2, 0) is 4.79 Å². The molecular weight excluding hydrogens is 274 g/mol. The van der Waals surface area contributed by atoms with E-state index in [0.717, 1.165) is 0 Å². The molecule has 0 fully saturated rings. The lowest BCUT2D eigenvalue weighted by Gasteiger charge is -2.06. The molecule has 1 aliphatic rings.